The van der Waals surface area contributed by atoms with Gasteiger partial charge in [-0.3, -0.25) is 4.79 Å². The summed E-state index contributed by atoms with van der Waals surface area (Å²) in [5, 5.41) is 11.4. The normalized spacial score (nSPS) is 9.88. The Bertz CT molecular complexity index is 549. The van der Waals surface area contributed by atoms with Gasteiger partial charge in [0.1, 0.15) is 5.69 Å². The van der Waals surface area contributed by atoms with Crippen LogP contribution in [-0.2, 0) is 0 Å². The number of carboxylic acids is 1. The molecule has 2 aromatic heterocycles. The molecule has 0 spiro atoms. The van der Waals surface area contributed by atoms with Crippen molar-refractivity contribution in [1.82, 2.24) is 9.97 Å². The van der Waals surface area contributed by atoms with Crippen molar-refractivity contribution in [3.63, 3.8) is 0 Å². The minimum Gasteiger partial charge on any atom is -0.477 e. The van der Waals surface area contributed by atoms with Gasteiger partial charge >= 0.3 is 5.97 Å². The van der Waals surface area contributed by atoms with Crippen molar-refractivity contribution < 1.29 is 14.7 Å². The lowest BCUT2D eigenvalue weighted by Gasteiger charge is -2.02. The third-order valence-corrected chi connectivity index (χ3v) is 2.10. The van der Waals surface area contributed by atoms with Crippen LogP contribution < -0.4 is 5.32 Å². The van der Waals surface area contributed by atoms with Crippen molar-refractivity contribution in [3.8, 4) is 0 Å². The summed E-state index contributed by atoms with van der Waals surface area (Å²) in [5.41, 5.74) is 0.703. The van der Waals surface area contributed by atoms with Gasteiger partial charge in [-0.15, -0.1) is 0 Å². The van der Waals surface area contributed by atoms with Gasteiger partial charge in [-0.1, -0.05) is 0 Å². The molecule has 0 unspecified atom stereocenters. The number of aromatic nitrogens is 2. The second-order valence-electron chi connectivity index (χ2n) is 3.29. The lowest BCUT2D eigenvalue weighted by atomic mass is 10.2. The van der Waals surface area contributed by atoms with E-state index in [1.165, 1.54) is 18.3 Å². The Labute approximate surface area is 96.3 Å². The Morgan fingerprint density at radius 2 is 2.18 bits per heavy atom. The molecule has 6 nitrogen and oxygen atoms in total. The fraction of sp³-hybridized carbons (Fsp3) is 0. The summed E-state index contributed by atoms with van der Waals surface area (Å²) in [6.07, 6.45) is 4.58. The number of hydrogen-bond donors (Lipinski definition) is 3. The lowest BCUT2D eigenvalue weighted by Crippen LogP contribution is -2.13. The fourth-order valence-corrected chi connectivity index (χ4v) is 1.29. The molecule has 0 fully saturated rings. The zero-order chi connectivity index (χ0) is 12.3. The van der Waals surface area contributed by atoms with E-state index in [1.807, 2.05) is 0 Å². The third-order valence-electron chi connectivity index (χ3n) is 2.10. The minimum atomic E-state index is -1.17. The number of carbonyl (C=O) groups excluding carboxylic acids is 1. The summed E-state index contributed by atoms with van der Waals surface area (Å²) in [5.74, 6) is -1.55. The Balaban J connectivity index is 2.19. The topological polar surface area (TPSA) is 95.1 Å². The second-order valence-corrected chi connectivity index (χ2v) is 3.29. The van der Waals surface area contributed by atoms with Crippen LogP contribution in [0.15, 0.2) is 36.8 Å². The standard InChI is InChI=1S/C11H9N3O3/c15-10(14-8-2-3-12-6-8)7-1-4-13-9(5-7)11(16)17/h1-6,12H,(H,14,15)(H,16,17). The number of carboxylic acid groups (broad SMARTS) is 1. The van der Waals surface area contributed by atoms with E-state index in [9.17, 15) is 9.59 Å². The summed E-state index contributed by atoms with van der Waals surface area (Å²) in [6, 6.07) is 4.37. The highest BCUT2D eigenvalue weighted by Gasteiger charge is 2.10. The summed E-state index contributed by atoms with van der Waals surface area (Å²) in [7, 11) is 0. The average Bonchev–Trinajstić information content (AvgIpc) is 2.82. The molecule has 3 N–H and O–H groups in total. The van der Waals surface area contributed by atoms with Crippen molar-refractivity contribution in [1.29, 1.82) is 0 Å². The molecule has 0 aliphatic heterocycles. The number of aromatic amines is 1. The predicted octanol–water partition coefficient (Wildman–Crippen LogP) is 1.36. The number of pyridine rings is 1. The van der Waals surface area contributed by atoms with Crippen LogP contribution in [0.25, 0.3) is 0 Å². The van der Waals surface area contributed by atoms with Crippen molar-refractivity contribution in [2.75, 3.05) is 5.32 Å². The fourth-order valence-electron chi connectivity index (χ4n) is 1.29. The second kappa shape index (κ2) is 4.48. The van der Waals surface area contributed by atoms with Crippen molar-refractivity contribution in [3.05, 3.63) is 48.0 Å². The lowest BCUT2D eigenvalue weighted by molar-refractivity contribution is 0.0690. The van der Waals surface area contributed by atoms with Gasteiger partial charge in [0, 0.05) is 24.2 Å². The van der Waals surface area contributed by atoms with Crippen LogP contribution in [0.4, 0.5) is 5.69 Å². The van der Waals surface area contributed by atoms with E-state index in [1.54, 1.807) is 18.5 Å². The average molecular weight is 231 g/mol. The zero-order valence-electron chi connectivity index (χ0n) is 8.68. The van der Waals surface area contributed by atoms with Crippen LogP contribution in [0, 0.1) is 0 Å². The van der Waals surface area contributed by atoms with E-state index in [4.69, 9.17) is 5.11 Å². The first kappa shape index (κ1) is 10.9. The van der Waals surface area contributed by atoms with E-state index in [0.717, 1.165) is 0 Å². The number of H-pyrrole nitrogens is 1. The maximum Gasteiger partial charge on any atom is 0.354 e. The Hall–Kier alpha value is -2.63. The Morgan fingerprint density at radius 1 is 1.35 bits per heavy atom. The number of aromatic carboxylic acids is 1. The molecular formula is C11H9N3O3. The maximum absolute atomic E-state index is 11.7. The minimum absolute atomic E-state index is 0.160. The predicted molar refractivity (Wildman–Crippen MR) is 59.9 cm³/mol. The summed E-state index contributed by atoms with van der Waals surface area (Å²) >= 11 is 0. The van der Waals surface area contributed by atoms with Crippen LogP contribution in [-0.4, -0.2) is 27.0 Å². The van der Waals surface area contributed by atoms with Gasteiger partial charge in [-0.05, 0) is 18.2 Å². The number of hydrogen-bond acceptors (Lipinski definition) is 3. The quantitative estimate of drug-likeness (QED) is 0.743. The first-order valence-corrected chi connectivity index (χ1v) is 4.80. The highest BCUT2D eigenvalue weighted by molar-refractivity contribution is 6.05. The first-order valence-electron chi connectivity index (χ1n) is 4.80. The number of nitrogens with zero attached hydrogens (tertiary/aromatic N) is 1. The van der Waals surface area contributed by atoms with Crippen LogP contribution in [0.1, 0.15) is 20.8 Å². The third kappa shape index (κ3) is 2.49. The molecule has 2 rings (SSSR count). The van der Waals surface area contributed by atoms with Crippen LogP contribution in [0.5, 0.6) is 0 Å². The largest absolute Gasteiger partial charge is 0.477 e. The molecule has 0 bridgehead atoms. The highest BCUT2D eigenvalue weighted by atomic mass is 16.4. The number of anilines is 1. The SMILES string of the molecule is O=C(Nc1cc[nH]c1)c1ccnc(C(=O)O)c1. The molecule has 2 heterocycles. The summed E-state index contributed by atoms with van der Waals surface area (Å²) < 4.78 is 0. The van der Waals surface area contributed by atoms with Crippen LogP contribution in [0.3, 0.4) is 0 Å². The number of amides is 1. The highest BCUT2D eigenvalue weighted by Crippen LogP contribution is 2.08. The van der Waals surface area contributed by atoms with E-state index >= 15 is 0 Å². The molecule has 6 heteroatoms. The molecule has 0 aliphatic carbocycles. The molecule has 0 aromatic carbocycles. The van der Waals surface area contributed by atoms with Gasteiger partial charge in [-0.2, -0.15) is 0 Å². The number of rotatable bonds is 3. The zero-order valence-corrected chi connectivity index (χ0v) is 8.68. The first-order chi connectivity index (χ1) is 8.16. The summed E-state index contributed by atoms with van der Waals surface area (Å²) in [4.78, 5) is 28.9. The van der Waals surface area contributed by atoms with Crippen LogP contribution in [0.2, 0.25) is 0 Å². The molecule has 1 amide bonds. The molecule has 2 aromatic rings. The molecule has 0 radical (unpaired) electrons. The van der Waals surface area contributed by atoms with Gasteiger partial charge < -0.3 is 15.4 Å². The van der Waals surface area contributed by atoms with Gasteiger partial charge in [0.15, 0.2) is 0 Å². The molecule has 0 saturated carbocycles. The molecule has 86 valence electrons. The van der Waals surface area contributed by atoms with Crippen molar-refractivity contribution in [2.24, 2.45) is 0 Å². The van der Waals surface area contributed by atoms with Crippen LogP contribution >= 0.6 is 0 Å². The van der Waals surface area contributed by atoms with Gasteiger partial charge in [0.2, 0.25) is 0 Å². The molecule has 0 saturated heterocycles. The number of carbonyl (C=O) groups is 2. The molecule has 17 heavy (non-hydrogen) atoms. The van der Waals surface area contributed by atoms with Crippen molar-refractivity contribution >= 4 is 17.6 Å². The van der Waals surface area contributed by atoms with E-state index < -0.39 is 5.97 Å². The van der Waals surface area contributed by atoms with Gasteiger partial charge in [-0.25, -0.2) is 9.78 Å². The monoisotopic (exact) mass is 231 g/mol. The Kier molecular flexibility index (Phi) is 2.87. The van der Waals surface area contributed by atoms with E-state index in [2.05, 4.69) is 15.3 Å². The molecule has 0 aliphatic rings. The van der Waals surface area contributed by atoms with E-state index in [0.29, 0.717) is 5.69 Å². The maximum atomic E-state index is 11.7. The smallest absolute Gasteiger partial charge is 0.354 e. The van der Waals surface area contributed by atoms with Gasteiger partial charge in [0.25, 0.3) is 5.91 Å². The van der Waals surface area contributed by atoms with Gasteiger partial charge in [0.05, 0.1) is 5.69 Å². The number of nitrogens with one attached hydrogen (secondary N) is 2. The molecule has 0 atom stereocenters. The van der Waals surface area contributed by atoms with Crippen molar-refractivity contribution in [2.45, 2.75) is 0 Å². The Morgan fingerprint density at radius 3 is 2.82 bits per heavy atom. The summed E-state index contributed by atoms with van der Waals surface area (Å²) in [6.45, 7) is 0. The van der Waals surface area contributed by atoms with E-state index in [-0.39, 0.29) is 17.2 Å². The molecular weight excluding hydrogens is 222 g/mol.